The van der Waals surface area contributed by atoms with Crippen LogP contribution < -0.4 is 15.4 Å². The molecule has 16 nitrogen and oxygen atoms in total. The van der Waals surface area contributed by atoms with Crippen LogP contribution in [0, 0.1) is 11.8 Å². The summed E-state index contributed by atoms with van der Waals surface area (Å²) in [5.41, 5.74) is 6.58. The van der Waals surface area contributed by atoms with Crippen LogP contribution in [0.2, 0.25) is 0 Å². The highest BCUT2D eigenvalue weighted by Crippen LogP contribution is 2.44. The topological polar surface area (TPSA) is 193 Å². The molecule has 0 bridgehead atoms. The Balaban J connectivity index is 0.965. The van der Waals surface area contributed by atoms with Crippen LogP contribution in [-0.2, 0) is 30.4 Å². The van der Waals surface area contributed by atoms with Gasteiger partial charge in [0.05, 0.1) is 61.4 Å². The molecule has 3 saturated heterocycles. The number of alkyl carbamates (subject to hydrolysis) is 2. The fourth-order valence-electron chi connectivity index (χ4n) is 10.9. The Kier molecular flexibility index (Phi) is 12.0. The van der Waals surface area contributed by atoms with Crippen molar-refractivity contribution in [1.82, 2.24) is 40.4 Å². The van der Waals surface area contributed by atoms with Crippen LogP contribution >= 0.6 is 0 Å². The number of methoxy groups -OCH3 is 2. The van der Waals surface area contributed by atoms with E-state index in [4.69, 9.17) is 28.9 Å². The summed E-state index contributed by atoms with van der Waals surface area (Å²) in [6.45, 7) is 12.3. The highest BCUT2D eigenvalue weighted by Gasteiger charge is 2.45. The third-order valence-corrected chi connectivity index (χ3v) is 14.1. The minimum Gasteiger partial charge on any atom is -0.488 e. The van der Waals surface area contributed by atoms with Crippen LogP contribution in [0.25, 0.3) is 44.2 Å². The molecule has 3 aromatic carbocycles. The summed E-state index contributed by atoms with van der Waals surface area (Å²) in [4.78, 5) is 74.0. The SMILES string of the molecule is COC(=O)N[C@H](C(=O)N1[C@@H](C)CC[C@H]1c1ncc(-c2ccc3c(c2)COc2cc4c(ccc5nc([C@@H]6CC[C@H](C)N6C(=O)[C@@H](NC(=O)OC)C6C[C@@H](C)O[C@H](C)C6)[nH]c54)cc2-3)[nH]1)C(C)C. The zero-order chi connectivity index (χ0) is 45.8. The van der Waals surface area contributed by atoms with Gasteiger partial charge in [0, 0.05) is 23.0 Å². The van der Waals surface area contributed by atoms with Gasteiger partial charge in [0.1, 0.15) is 36.1 Å². The Labute approximate surface area is 378 Å². The van der Waals surface area contributed by atoms with Crippen LogP contribution in [0.1, 0.15) is 109 Å². The number of imidazole rings is 2. The molecule has 3 fully saturated rings. The number of amides is 4. The van der Waals surface area contributed by atoms with Crippen molar-refractivity contribution in [3.05, 3.63) is 65.9 Å². The molecule has 0 unspecified atom stereocenters. The number of aromatic amines is 2. The van der Waals surface area contributed by atoms with Gasteiger partial charge in [0.25, 0.3) is 0 Å². The smallest absolute Gasteiger partial charge is 0.407 e. The standard InChI is InChI=1S/C49H60N8O8/c1-24(2)41(54-48(60)62-7)46(58)56-25(3)9-15-38(56)44-50-22-37(52-44)30-11-13-33-32(19-30)23-64-40-21-34-29(20-35(33)40)12-14-36-43(34)53-45(51-36)39-16-10-26(4)57(39)47(59)42(55-49(61)63-8)31-17-27(5)65-28(6)18-31/h11-14,19-22,24-28,31,38-39,41-42H,9-10,15-18,23H2,1-8H3,(H,50,52)(H,51,53)(H,54,60)(H,55,61)/t25-,26-,27+,28+,38-,39-,41-,42-/m0/s1. The molecule has 0 saturated carbocycles. The van der Waals surface area contributed by atoms with Gasteiger partial charge in [-0.1, -0.05) is 32.0 Å². The Morgan fingerprint density at radius 2 is 1.46 bits per heavy atom. The number of aromatic nitrogens is 4. The number of carbonyl (C=O) groups excluding carboxylic acids is 4. The monoisotopic (exact) mass is 888 g/mol. The lowest BCUT2D eigenvalue weighted by Gasteiger charge is -2.39. The average Bonchev–Trinajstić information content (AvgIpc) is 4.11. The minimum atomic E-state index is -0.755. The molecule has 0 spiro atoms. The van der Waals surface area contributed by atoms with E-state index < -0.39 is 24.3 Å². The van der Waals surface area contributed by atoms with Crippen molar-refractivity contribution in [3.63, 3.8) is 0 Å². The molecular formula is C49H60N8O8. The van der Waals surface area contributed by atoms with E-state index in [1.165, 1.54) is 14.2 Å². The molecule has 5 aromatic rings. The van der Waals surface area contributed by atoms with Crippen molar-refractivity contribution < 1.29 is 38.1 Å². The van der Waals surface area contributed by atoms with Crippen molar-refractivity contribution in [3.8, 4) is 28.1 Å². The van der Waals surface area contributed by atoms with Crippen LogP contribution in [0.15, 0.2) is 48.7 Å². The second-order valence-corrected chi connectivity index (χ2v) is 18.8. The predicted molar refractivity (Wildman–Crippen MR) is 244 cm³/mol. The summed E-state index contributed by atoms with van der Waals surface area (Å²) in [5.74, 6) is 1.67. The lowest BCUT2D eigenvalue weighted by atomic mass is 9.85. The Hall–Kier alpha value is -6.16. The zero-order valence-corrected chi connectivity index (χ0v) is 38.4. The van der Waals surface area contributed by atoms with E-state index in [-0.39, 0.29) is 60.0 Å². The van der Waals surface area contributed by atoms with Crippen molar-refractivity contribution in [2.45, 2.75) is 135 Å². The van der Waals surface area contributed by atoms with Gasteiger partial charge < -0.3 is 49.3 Å². The molecule has 16 heteroatoms. The van der Waals surface area contributed by atoms with Crippen LogP contribution in [-0.4, -0.2) is 104 Å². The summed E-state index contributed by atoms with van der Waals surface area (Å²) >= 11 is 0. The fourth-order valence-corrected chi connectivity index (χ4v) is 10.9. The lowest BCUT2D eigenvalue weighted by Crippen LogP contribution is -2.55. The number of H-pyrrole nitrogens is 2. The molecular weight excluding hydrogens is 829 g/mol. The number of hydrogen-bond donors (Lipinski definition) is 4. The number of ether oxygens (including phenoxy) is 4. The molecule has 65 heavy (non-hydrogen) atoms. The second kappa shape index (κ2) is 17.7. The molecule has 344 valence electrons. The van der Waals surface area contributed by atoms with E-state index in [1.807, 2.05) is 56.7 Å². The van der Waals surface area contributed by atoms with E-state index in [1.54, 1.807) is 0 Å². The fraction of sp³-hybridized carbons (Fsp3) is 0.510. The number of nitrogens with one attached hydrogen (secondary N) is 4. The van der Waals surface area contributed by atoms with Crippen LogP contribution in [0.5, 0.6) is 5.75 Å². The quantitative estimate of drug-likeness (QED) is 0.112. The molecule has 4 aliphatic rings. The van der Waals surface area contributed by atoms with Crippen LogP contribution in [0.4, 0.5) is 9.59 Å². The largest absolute Gasteiger partial charge is 0.488 e. The van der Waals surface area contributed by atoms with Crippen molar-refractivity contribution in [2.75, 3.05) is 14.2 Å². The minimum absolute atomic E-state index is 0.0193. The molecule has 4 amide bonds. The summed E-state index contributed by atoms with van der Waals surface area (Å²) in [5, 5.41) is 7.62. The molecule has 6 heterocycles. The van der Waals surface area contributed by atoms with Crippen molar-refractivity contribution >= 4 is 45.8 Å². The summed E-state index contributed by atoms with van der Waals surface area (Å²) in [6, 6.07) is 12.6. The first kappa shape index (κ1) is 44.1. The van der Waals surface area contributed by atoms with Crippen LogP contribution in [0.3, 0.4) is 0 Å². The third kappa shape index (κ3) is 8.25. The Bertz CT molecular complexity index is 2630. The summed E-state index contributed by atoms with van der Waals surface area (Å²) in [6.07, 6.45) is 4.91. The Morgan fingerprint density at radius 3 is 2.15 bits per heavy atom. The van der Waals surface area contributed by atoms with Gasteiger partial charge in [0.2, 0.25) is 11.8 Å². The normalized spacial score (nSPS) is 24.9. The lowest BCUT2D eigenvalue weighted by molar-refractivity contribution is -0.140. The first-order valence-electron chi connectivity index (χ1n) is 23.0. The molecule has 0 radical (unpaired) electrons. The number of carbonyl (C=O) groups is 4. The highest BCUT2D eigenvalue weighted by molar-refractivity contribution is 6.07. The number of hydrogen-bond acceptors (Lipinski definition) is 10. The van der Waals surface area contributed by atoms with E-state index in [0.717, 1.165) is 81.2 Å². The number of benzene rings is 3. The molecule has 0 aliphatic carbocycles. The molecule has 9 rings (SSSR count). The van der Waals surface area contributed by atoms with E-state index in [2.05, 4.69) is 63.9 Å². The summed E-state index contributed by atoms with van der Waals surface area (Å²) < 4.78 is 22.3. The van der Waals surface area contributed by atoms with E-state index in [9.17, 15) is 19.2 Å². The van der Waals surface area contributed by atoms with Crippen molar-refractivity contribution in [2.24, 2.45) is 11.8 Å². The van der Waals surface area contributed by atoms with Gasteiger partial charge in [0.15, 0.2) is 0 Å². The zero-order valence-electron chi connectivity index (χ0n) is 38.4. The van der Waals surface area contributed by atoms with E-state index >= 15 is 0 Å². The molecule has 4 aliphatic heterocycles. The van der Waals surface area contributed by atoms with Gasteiger partial charge in [-0.3, -0.25) is 9.59 Å². The molecule has 2 aromatic heterocycles. The number of nitrogens with zero attached hydrogens (tertiary/aromatic N) is 4. The number of fused-ring (bicyclic) bond motifs is 6. The maximum absolute atomic E-state index is 14.6. The maximum atomic E-state index is 14.6. The third-order valence-electron chi connectivity index (χ3n) is 14.1. The molecule has 4 N–H and O–H groups in total. The number of likely N-dealkylation sites (tertiary alicyclic amines) is 2. The average molecular weight is 889 g/mol. The van der Waals surface area contributed by atoms with Gasteiger partial charge >= 0.3 is 12.2 Å². The maximum Gasteiger partial charge on any atom is 0.407 e. The van der Waals surface area contributed by atoms with Gasteiger partial charge in [-0.25, -0.2) is 19.6 Å². The highest BCUT2D eigenvalue weighted by atomic mass is 16.5. The van der Waals surface area contributed by atoms with Crippen molar-refractivity contribution in [1.29, 1.82) is 0 Å². The first-order chi connectivity index (χ1) is 31.2. The Morgan fingerprint density at radius 1 is 0.785 bits per heavy atom. The summed E-state index contributed by atoms with van der Waals surface area (Å²) in [7, 11) is 2.61. The van der Waals surface area contributed by atoms with Gasteiger partial charge in [-0.05, 0) is 124 Å². The first-order valence-corrected chi connectivity index (χ1v) is 23.0. The predicted octanol–water partition coefficient (Wildman–Crippen LogP) is 8.08. The van der Waals surface area contributed by atoms with Gasteiger partial charge in [-0.2, -0.15) is 0 Å². The second-order valence-electron chi connectivity index (χ2n) is 18.8. The molecule has 8 atom stereocenters. The number of rotatable bonds is 9. The van der Waals surface area contributed by atoms with E-state index in [0.29, 0.717) is 31.1 Å². The van der Waals surface area contributed by atoms with Gasteiger partial charge in [-0.15, -0.1) is 0 Å².